The number of rotatable bonds is 3. The predicted molar refractivity (Wildman–Crippen MR) is 98.7 cm³/mol. The van der Waals surface area contributed by atoms with Gasteiger partial charge in [-0.3, -0.25) is 4.79 Å². The summed E-state index contributed by atoms with van der Waals surface area (Å²) in [5.41, 5.74) is -0.749. The molecule has 1 heterocycles. The summed E-state index contributed by atoms with van der Waals surface area (Å²) < 4.78 is 11.5. The number of methoxy groups -OCH3 is 1. The molecular weight excluding hydrogens is 381 g/mol. The topological polar surface area (TPSA) is 77.8 Å². The fourth-order valence-electron chi connectivity index (χ4n) is 2.55. The van der Waals surface area contributed by atoms with Gasteiger partial charge < -0.3 is 19.1 Å². The normalized spacial score (nSPS) is 10.8. The Bertz CT molecular complexity index is 1070. The van der Waals surface area contributed by atoms with Gasteiger partial charge in [-0.25, -0.2) is 4.79 Å². The highest BCUT2D eigenvalue weighted by Crippen LogP contribution is 2.37. The molecule has 0 amide bonds. The first kappa shape index (κ1) is 18.1. The largest absolute Gasteiger partial charge is 0.506 e. The van der Waals surface area contributed by atoms with E-state index < -0.39 is 22.8 Å². The minimum absolute atomic E-state index is 0.274. The first-order valence-electron chi connectivity index (χ1n) is 7.41. The highest BCUT2D eigenvalue weighted by atomic mass is 35.5. The van der Waals surface area contributed by atoms with E-state index in [4.69, 9.17) is 27.9 Å². The first-order valence-corrected chi connectivity index (χ1v) is 8.16. The summed E-state index contributed by atoms with van der Waals surface area (Å²) >= 11 is 12.2. The van der Waals surface area contributed by atoms with Crippen LogP contribution in [-0.2, 0) is 11.8 Å². The second-order valence-corrected chi connectivity index (χ2v) is 6.23. The number of aromatic nitrogens is 1. The maximum Gasteiger partial charge on any atom is 0.347 e. The smallest absolute Gasteiger partial charge is 0.347 e. The van der Waals surface area contributed by atoms with Crippen molar-refractivity contribution in [1.82, 2.24) is 4.57 Å². The molecule has 0 aliphatic carbocycles. The van der Waals surface area contributed by atoms with Crippen molar-refractivity contribution in [2.45, 2.75) is 0 Å². The maximum atomic E-state index is 12.4. The first-order chi connectivity index (χ1) is 12.3. The molecule has 0 aliphatic heterocycles. The van der Waals surface area contributed by atoms with Gasteiger partial charge in [0.1, 0.15) is 11.5 Å². The molecule has 26 heavy (non-hydrogen) atoms. The third kappa shape index (κ3) is 2.98. The van der Waals surface area contributed by atoms with Crippen molar-refractivity contribution in [3.63, 3.8) is 0 Å². The van der Waals surface area contributed by atoms with Crippen LogP contribution in [0.1, 0.15) is 10.4 Å². The van der Waals surface area contributed by atoms with Crippen molar-refractivity contribution in [3.8, 4) is 17.2 Å². The van der Waals surface area contributed by atoms with Crippen molar-refractivity contribution in [2.24, 2.45) is 7.05 Å². The molecule has 2 aromatic carbocycles. The number of para-hydroxylation sites is 1. The zero-order valence-electron chi connectivity index (χ0n) is 13.7. The van der Waals surface area contributed by atoms with Crippen LogP contribution in [0, 0.1) is 0 Å². The molecule has 1 aromatic heterocycles. The molecule has 0 unspecified atom stereocenters. The van der Waals surface area contributed by atoms with Crippen LogP contribution in [0.25, 0.3) is 10.9 Å². The molecule has 6 nitrogen and oxygen atoms in total. The number of ether oxygens (including phenoxy) is 2. The third-order valence-electron chi connectivity index (χ3n) is 3.87. The van der Waals surface area contributed by atoms with Crippen LogP contribution in [0.3, 0.4) is 0 Å². The summed E-state index contributed by atoms with van der Waals surface area (Å²) in [4.78, 5) is 24.2. The molecule has 0 saturated carbocycles. The highest BCUT2D eigenvalue weighted by molar-refractivity contribution is 6.37. The number of carbonyl (C=O) groups excluding carboxylic acids is 1. The van der Waals surface area contributed by atoms with E-state index in [9.17, 15) is 14.7 Å². The molecule has 0 saturated heterocycles. The van der Waals surface area contributed by atoms with Gasteiger partial charge in [-0.1, -0.05) is 29.3 Å². The molecule has 0 atom stereocenters. The third-order valence-corrected chi connectivity index (χ3v) is 4.46. The number of hydrogen-bond acceptors (Lipinski definition) is 5. The zero-order chi connectivity index (χ0) is 19.0. The van der Waals surface area contributed by atoms with E-state index in [2.05, 4.69) is 4.74 Å². The lowest BCUT2D eigenvalue weighted by Gasteiger charge is -2.13. The SMILES string of the molecule is COC(=O)c1c(O)c2ccc(Oc3c(Cl)cccc3Cl)cc2n(C)c1=O. The van der Waals surface area contributed by atoms with Crippen LogP contribution in [0.15, 0.2) is 41.2 Å². The Labute approximate surface area is 158 Å². The second kappa shape index (κ2) is 6.90. The number of aromatic hydroxyl groups is 1. The molecule has 8 heteroatoms. The van der Waals surface area contributed by atoms with E-state index in [1.165, 1.54) is 23.7 Å². The van der Waals surface area contributed by atoms with Crippen molar-refractivity contribution in [3.05, 3.63) is 62.4 Å². The van der Waals surface area contributed by atoms with Crippen molar-refractivity contribution in [2.75, 3.05) is 7.11 Å². The predicted octanol–water partition coefficient (Wildman–Crippen LogP) is 4.13. The Morgan fingerprint density at radius 3 is 2.42 bits per heavy atom. The molecule has 1 N–H and O–H groups in total. The van der Waals surface area contributed by atoms with Crippen molar-refractivity contribution >= 4 is 40.1 Å². The van der Waals surface area contributed by atoms with E-state index in [0.717, 1.165) is 7.11 Å². The number of carbonyl (C=O) groups is 1. The maximum absolute atomic E-state index is 12.4. The lowest BCUT2D eigenvalue weighted by molar-refractivity contribution is 0.0595. The monoisotopic (exact) mass is 393 g/mol. The summed E-state index contributed by atoms with van der Waals surface area (Å²) in [6.07, 6.45) is 0. The van der Waals surface area contributed by atoms with Crippen LogP contribution in [-0.4, -0.2) is 22.8 Å². The minimum atomic E-state index is -0.909. The molecule has 0 bridgehead atoms. The van der Waals surface area contributed by atoms with Gasteiger partial charge in [0.15, 0.2) is 11.3 Å². The molecule has 3 rings (SSSR count). The van der Waals surface area contributed by atoms with Crippen LogP contribution >= 0.6 is 23.2 Å². The number of benzene rings is 2. The van der Waals surface area contributed by atoms with E-state index in [0.29, 0.717) is 26.7 Å². The Kier molecular flexibility index (Phi) is 4.80. The van der Waals surface area contributed by atoms with Gasteiger partial charge in [-0.2, -0.15) is 0 Å². The minimum Gasteiger partial charge on any atom is -0.506 e. The van der Waals surface area contributed by atoms with Crippen LogP contribution in [0.2, 0.25) is 10.0 Å². The summed E-state index contributed by atoms with van der Waals surface area (Å²) in [5, 5.41) is 11.3. The Balaban J connectivity index is 2.17. The van der Waals surface area contributed by atoms with Crippen molar-refractivity contribution in [1.29, 1.82) is 0 Å². The average molecular weight is 394 g/mol. The second-order valence-electron chi connectivity index (χ2n) is 5.41. The van der Waals surface area contributed by atoms with Gasteiger partial charge in [0.2, 0.25) is 0 Å². The molecule has 3 aromatic rings. The lowest BCUT2D eigenvalue weighted by Crippen LogP contribution is -2.25. The summed E-state index contributed by atoms with van der Waals surface area (Å²) in [7, 11) is 2.61. The molecule has 0 radical (unpaired) electrons. The standard InChI is InChI=1S/C18H13Cl2NO5/c1-21-13-8-9(26-16-11(19)4-3-5-12(16)20)6-7-10(13)15(22)14(17(21)23)18(24)25-2/h3-8,22H,1-2H3. The summed E-state index contributed by atoms with van der Waals surface area (Å²) in [6, 6.07) is 9.58. The molecule has 134 valence electrons. The highest BCUT2D eigenvalue weighted by Gasteiger charge is 2.22. The summed E-state index contributed by atoms with van der Waals surface area (Å²) in [5.74, 6) is -0.728. The van der Waals surface area contributed by atoms with Crippen LogP contribution in [0.5, 0.6) is 17.2 Å². The number of nitrogens with zero attached hydrogens (tertiary/aromatic N) is 1. The number of esters is 1. The van der Waals surface area contributed by atoms with Crippen molar-refractivity contribution < 1.29 is 19.4 Å². The lowest BCUT2D eigenvalue weighted by atomic mass is 10.1. The van der Waals surface area contributed by atoms with Gasteiger partial charge in [-0.15, -0.1) is 0 Å². The van der Waals surface area contributed by atoms with E-state index in [1.807, 2.05) is 0 Å². The molecule has 0 fully saturated rings. The van der Waals surface area contributed by atoms with Gasteiger partial charge in [0, 0.05) is 18.5 Å². The van der Waals surface area contributed by atoms with Gasteiger partial charge in [0.25, 0.3) is 5.56 Å². The molecule has 0 aliphatic rings. The Morgan fingerprint density at radius 2 is 1.81 bits per heavy atom. The molecular formula is C18H13Cl2NO5. The fourth-order valence-corrected chi connectivity index (χ4v) is 3.02. The van der Waals surface area contributed by atoms with Crippen LogP contribution < -0.4 is 10.3 Å². The number of fused-ring (bicyclic) bond motifs is 1. The molecule has 0 spiro atoms. The number of pyridine rings is 1. The Hall–Kier alpha value is -2.70. The van der Waals surface area contributed by atoms with Gasteiger partial charge in [-0.05, 0) is 24.3 Å². The zero-order valence-corrected chi connectivity index (χ0v) is 15.3. The summed E-state index contributed by atoms with van der Waals surface area (Å²) in [6.45, 7) is 0. The van der Waals surface area contributed by atoms with E-state index >= 15 is 0 Å². The quantitative estimate of drug-likeness (QED) is 0.676. The van der Waals surface area contributed by atoms with Gasteiger partial charge >= 0.3 is 5.97 Å². The number of aryl methyl sites for hydroxylation is 1. The number of halogens is 2. The number of hydrogen-bond donors (Lipinski definition) is 1. The Morgan fingerprint density at radius 1 is 1.15 bits per heavy atom. The average Bonchev–Trinajstić information content (AvgIpc) is 2.63. The van der Waals surface area contributed by atoms with E-state index in [-0.39, 0.29) is 5.75 Å². The van der Waals surface area contributed by atoms with Crippen LogP contribution in [0.4, 0.5) is 0 Å². The fraction of sp³-hybridized carbons (Fsp3) is 0.111. The van der Waals surface area contributed by atoms with Gasteiger partial charge in [0.05, 0.1) is 22.7 Å². The van der Waals surface area contributed by atoms with E-state index in [1.54, 1.807) is 24.3 Å².